The highest BCUT2D eigenvalue weighted by molar-refractivity contribution is 7.96. The number of rotatable bonds is 12. The zero-order valence-corrected chi connectivity index (χ0v) is 23.9. The molecule has 1 heterocycles. The lowest BCUT2D eigenvalue weighted by atomic mass is 10.0. The van der Waals surface area contributed by atoms with Crippen molar-refractivity contribution in [1.29, 1.82) is 0 Å². The zero-order valence-electron chi connectivity index (χ0n) is 23.1. The summed E-state index contributed by atoms with van der Waals surface area (Å²) in [6.07, 6.45) is 6.68. The Morgan fingerprint density at radius 2 is 1.74 bits per heavy atom. The van der Waals surface area contributed by atoms with Gasteiger partial charge in [-0.2, -0.15) is 0 Å². The number of benzene rings is 2. The van der Waals surface area contributed by atoms with E-state index in [9.17, 15) is 9.59 Å². The van der Waals surface area contributed by atoms with E-state index in [0.717, 1.165) is 25.1 Å². The topological polar surface area (TPSA) is 79.1 Å². The van der Waals surface area contributed by atoms with Gasteiger partial charge in [0.2, 0.25) is 11.8 Å². The predicted molar refractivity (Wildman–Crippen MR) is 155 cm³/mol. The highest BCUT2D eigenvalue weighted by Crippen LogP contribution is 2.21. The zero-order chi connectivity index (χ0) is 27.5. The summed E-state index contributed by atoms with van der Waals surface area (Å²) in [6.45, 7) is 6.46. The third kappa shape index (κ3) is 9.27. The van der Waals surface area contributed by atoms with Crippen molar-refractivity contribution >= 4 is 23.8 Å². The third-order valence-corrected chi connectivity index (χ3v) is 7.54. The summed E-state index contributed by atoms with van der Waals surface area (Å²) < 4.78 is 8.32. The summed E-state index contributed by atoms with van der Waals surface area (Å²) in [6, 6.07) is 19.4. The molecule has 1 aliphatic rings. The van der Waals surface area contributed by atoms with Crippen LogP contribution in [0.1, 0.15) is 31.4 Å². The Kier molecular flexibility index (Phi) is 11.4. The first-order chi connectivity index (χ1) is 18.2. The lowest BCUT2D eigenvalue weighted by molar-refractivity contribution is -0.148. The minimum atomic E-state index is -0.735. The van der Waals surface area contributed by atoms with Gasteiger partial charge in [-0.3, -0.25) is 9.59 Å². The molecule has 0 unspecified atom stereocenters. The fraction of sp³-hybridized carbons (Fsp3) is 0.467. The molecule has 2 N–H and O–H groups in total. The van der Waals surface area contributed by atoms with E-state index < -0.39 is 11.6 Å². The number of carbonyl (C=O) groups is 2. The second kappa shape index (κ2) is 14.5. The molecule has 0 saturated carbocycles. The number of hydrogen-bond donors (Lipinski definition) is 1. The number of amides is 2. The maximum absolute atomic E-state index is 14.1. The van der Waals surface area contributed by atoms with E-state index in [0.29, 0.717) is 19.6 Å². The Labute approximate surface area is 232 Å². The molecule has 3 rings (SSSR count). The van der Waals surface area contributed by atoms with E-state index in [1.165, 1.54) is 16.5 Å². The van der Waals surface area contributed by atoms with Gasteiger partial charge in [0, 0.05) is 38.3 Å². The molecular formula is C30H42N4O3S. The molecule has 1 saturated heterocycles. The van der Waals surface area contributed by atoms with Crippen LogP contribution in [0.2, 0.25) is 0 Å². The smallest absolute Gasteiger partial charge is 0.248 e. The van der Waals surface area contributed by atoms with Gasteiger partial charge in [0.25, 0.3) is 0 Å². The van der Waals surface area contributed by atoms with Crippen molar-refractivity contribution in [2.24, 2.45) is 5.73 Å². The minimum absolute atomic E-state index is 0.000179. The molecule has 0 aromatic heterocycles. The van der Waals surface area contributed by atoms with E-state index >= 15 is 0 Å². The van der Waals surface area contributed by atoms with Crippen LogP contribution in [0, 0.1) is 0 Å². The van der Waals surface area contributed by atoms with Crippen LogP contribution in [0.3, 0.4) is 0 Å². The van der Waals surface area contributed by atoms with Gasteiger partial charge in [-0.15, -0.1) is 0 Å². The normalized spacial score (nSPS) is 17.5. The molecule has 0 bridgehead atoms. The Morgan fingerprint density at radius 1 is 1.11 bits per heavy atom. The first kappa shape index (κ1) is 29.9. The van der Waals surface area contributed by atoms with Crippen LogP contribution < -0.4 is 5.73 Å². The summed E-state index contributed by atoms with van der Waals surface area (Å²) in [7, 11) is 1.68. The monoisotopic (exact) mass is 538 g/mol. The molecule has 8 heteroatoms. The van der Waals surface area contributed by atoms with Crippen LogP contribution in [0.15, 0.2) is 72.8 Å². The van der Waals surface area contributed by atoms with Crippen LogP contribution in [0.5, 0.6) is 0 Å². The van der Waals surface area contributed by atoms with Crippen molar-refractivity contribution < 1.29 is 14.3 Å². The van der Waals surface area contributed by atoms with E-state index in [1.807, 2.05) is 67.3 Å². The fourth-order valence-corrected chi connectivity index (χ4v) is 5.07. The van der Waals surface area contributed by atoms with Crippen LogP contribution in [0.4, 0.5) is 0 Å². The fourth-order valence-electron chi connectivity index (χ4n) is 4.48. The average Bonchev–Trinajstić information content (AvgIpc) is 2.91. The molecule has 0 radical (unpaired) electrons. The number of nitrogens with zero attached hydrogens (tertiary/aromatic N) is 3. The molecule has 1 aliphatic heterocycles. The molecule has 7 nitrogen and oxygen atoms in total. The summed E-state index contributed by atoms with van der Waals surface area (Å²) in [5.41, 5.74) is 7.86. The number of likely N-dealkylation sites (N-methyl/N-ethyl adjacent to an activating group) is 1. The molecule has 1 fully saturated rings. The van der Waals surface area contributed by atoms with Gasteiger partial charge >= 0.3 is 0 Å². The predicted octanol–water partition coefficient (Wildman–Crippen LogP) is 3.75. The molecule has 2 aromatic carbocycles. The Morgan fingerprint density at radius 3 is 2.34 bits per heavy atom. The number of carbonyl (C=O) groups excluding carboxylic acids is 2. The Hall–Kier alpha value is -2.65. The minimum Gasteiger partial charge on any atom is -0.374 e. The second-order valence-electron chi connectivity index (χ2n) is 10.5. The largest absolute Gasteiger partial charge is 0.374 e. The van der Waals surface area contributed by atoms with Gasteiger partial charge in [0.1, 0.15) is 6.04 Å². The van der Waals surface area contributed by atoms with Crippen molar-refractivity contribution in [3.63, 3.8) is 0 Å². The third-order valence-electron chi connectivity index (χ3n) is 6.69. The molecule has 2 amide bonds. The Bertz CT molecular complexity index is 1040. The molecular weight excluding hydrogens is 496 g/mol. The SMILES string of the molecule is CSN1CCN(C(=O)[C@@H](COCc2ccccc2)N(C)C(=O)/C=C/CC(C)(C)N)[C@H](Cc2ccccc2)C1. The van der Waals surface area contributed by atoms with E-state index in [4.69, 9.17) is 10.5 Å². The number of nitrogens with two attached hydrogens (primary N) is 1. The standard InChI is InChI=1S/C30H42N4O3S/c1-30(2,31)17-11-16-28(35)32(3)27(23-37-22-25-14-9-6-10-15-25)29(36)34-19-18-33(38-4)21-26(34)20-24-12-7-5-8-13-24/h5-16,26-27H,17-23,31H2,1-4H3/b16-11+/t26-,27-/m1/s1. The van der Waals surface area contributed by atoms with Gasteiger partial charge in [0.05, 0.1) is 13.2 Å². The van der Waals surface area contributed by atoms with Gasteiger partial charge in [-0.25, -0.2) is 4.31 Å². The van der Waals surface area contributed by atoms with Gasteiger partial charge < -0.3 is 20.3 Å². The maximum Gasteiger partial charge on any atom is 0.248 e. The maximum atomic E-state index is 14.1. The molecule has 2 aromatic rings. The Balaban J connectivity index is 1.79. The van der Waals surface area contributed by atoms with Gasteiger partial charge in [-0.05, 0) is 50.1 Å². The molecule has 2 atom stereocenters. The summed E-state index contributed by atoms with van der Waals surface area (Å²) in [4.78, 5) is 30.7. The number of ether oxygens (including phenoxy) is 1. The number of piperazine rings is 1. The summed E-state index contributed by atoms with van der Waals surface area (Å²) >= 11 is 1.70. The first-order valence-corrected chi connectivity index (χ1v) is 14.3. The van der Waals surface area contributed by atoms with Crippen LogP contribution in [0.25, 0.3) is 0 Å². The van der Waals surface area contributed by atoms with Crippen LogP contribution in [-0.2, 0) is 27.4 Å². The highest BCUT2D eigenvalue weighted by Gasteiger charge is 2.37. The second-order valence-corrected chi connectivity index (χ2v) is 11.4. The van der Waals surface area contributed by atoms with Crippen LogP contribution >= 0.6 is 11.9 Å². The molecule has 206 valence electrons. The van der Waals surface area contributed by atoms with Crippen LogP contribution in [-0.4, -0.2) is 83.1 Å². The van der Waals surface area contributed by atoms with Crippen molar-refractivity contribution in [3.05, 3.63) is 83.9 Å². The van der Waals surface area contributed by atoms with E-state index in [-0.39, 0.29) is 24.5 Å². The van der Waals surface area contributed by atoms with Crippen molar-refractivity contribution in [1.82, 2.24) is 14.1 Å². The van der Waals surface area contributed by atoms with Crippen molar-refractivity contribution in [3.8, 4) is 0 Å². The quantitative estimate of drug-likeness (QED) is 0.328. The highest BCUT2D eigenvalue weighted by atomic mass is 32.2. The first-order valence-electron chi connectivity index (χ1n) is 13.2. The van der Waals surface area contributed by atoms with Gasteiger partial charge in [-0.1, -0.05) is 78.7 Å². The number of hydrogen-bond acceptors (Lipinski definition) is 6. The lowest BCUT2D eigenvalue weighted by Gasteiger charge is -2.43. The van der Waals surface area contributed by atoms with E-state index in [1.54, 1.807) is 25.1 Å². The average molecular weight is 539 g/mol. The summed E-state index contributed by atoms with van der Waals surface area (Å²) in [5.74, 6) is -0.318. The lowest BCUT2D eigenvalue weighted by Crippen LogP contribution is -2.60. The van der Waals surface area contributed by atoms with E-state index in [2.05, 4.69) is 22.7 Å². The van der Waals surface area contributed by atoms with Gasteiger partial charge in [0.15, 0.2) is 0 Å². The molecule has 0 spiro atoms. The van der Waals surface area contributed by atoms with Crippen molar-refractivity contribution in [2.75, 3.05) is 39.5 Å². The molecule has 0 aliphatic carbocycles. The molecule has 38 heavy (non-hydrogen) atoms. The summed E-state index contributed by atoms with van der Waals surface area (Å²) in [5, 5.41) is 0. The van der Waals surface area contributed by atoms with Crippen molar-refractivity contribution in [2.45, 2.75) is 50.9 Å².